The summed E-state index contributed by atoms with van der Waals surface area (Å²) in [6, 6.07) is 5.23. The van der Waals surface area contributed by atoms with E-state index in [0.717, 1.165) is 11.1 Å². The third-order valence-corrected chi connectivity index (χ3v) is 10.2. The van der Waals surface area contributed by atoms with Crippen LogP contribution in [0.15, 0.2) is 57.9 Å². The maximum atomic E-state index is 14.8. The van der Waals surface area contributed by atoms with Gasteiger partial charge in [-0.05, 0) is 80.6 Å². The summed E-state index contributed by atoms with van der Waals surface area (Å²) in [5.74, 6) is -0.196. The molecule has 2 N–H and O–H groups in total. The molecule has 2 bridgehead atoms. The van der Waals surface area contributed by atoms with E-state index < -0.39 is 40.6 Å². The Balaban J connectivity index is 1.40. The summed E-state index contributed by atoms with van der Waals surface area (Å²) < 4.78 is 56.8. The van der Waals surface area contributed by atoms with Crippen molar-refractivity contribution in [3.05, 3.63) is 59.0 Å². The van der Waals surface area contributed by atoms with E-state index in [2.05, 4.69) is 11.1 Å². The van der Waals surface area contributed by atoms with Crippen LogP contribution in [0.25, 0.3) is 16.7 Å². The van der Waals surface area contributed by atoms with Gasteiger partial charge in [-0.2, -0.15) is 13.2 Å². The average molecular weight is 529 g/mol. The van der Waals surface area contributed by atoms with Gasteiger partial charge in [-0.25, -0.2) is 4.98 Å². The molecule has 9 heteroatoms. The molecule has 6 nitrogen and oxygen atoms in total. The summed E-state index contributed by atoms with van der Waals surface area (Å²) >= 11 is 0. The monoisotopic (exact) mass is 528 g/mol. The van der Waals surface area contributed by atoms with Crippen molar-refractivity contribution in [3.8, 4) is 0 Å². The number of ether oxygens (including phenoxy) is 1. The molecule has 0 radical (unpaired) electrons. The molecule has 2 fully saturated rings. The molecule has 5 aliphatic rings. The van der Waals surface area contributed by atoms with Crippen molar-refractivity contribution in [2.24, 2.45) is 11.3 Å². The van der Waals surface area contributed by atoms with Crippen LogP contribution in [0.3, 0.4) is 0 Å². The normalized spacial score (nSPS) is 40.2. The number of alkyl halides is 3. The van der Waals surface area contributed by atoms with E-state index in [4.69, 9.17) is 9.15 Å². The summed E-state index contributed by atoms with van der Waals surface area (Å²) in [5, 5.41) is 22.0. The highest BCUT2D eigenvalue weighted by atomic mass is 19.4. The number of nitrogens with zero attached hydrogens (tertiary/aromatic N) is 2. The zero-order chi connectivity index (χ0) is 26.8. The van der Waals surface area contributed by atoms with E-state index in [1.54, 1.807) is 6.08 Å². The van der Waals surface area contributed by atoms with Gasteiger partial charge in [0.15, 0.2) is 12.0 Å². The Hall–Kier alpha value is -2.46. The third-order valence-electron chi connectivity index (χ3n) is 10.2. The van der Waals surface area contributed by atoms with Gasteiger partial charge >= 0.3 is 6.18 Å². The number of benzene rings is 1. The fraction of sp³-hybridized carbons (Fsp3) is 0.552. The predicted octanol–water partition coefficient (Wildman–Crippen LogP) is 4.78. The van der Waals surface area contributed by atoms with Crippen LogP contribution in [0, 0.1) is 11.3 Å². The average Bonchev–Trinajstić information content (AvgIpc) is 3.54. The van der Waals surface area contributed by atoms with Crippen molar-refractivity contribution >= 4 is 16.7 Å². The lowest BCUT2D eigenvalue weighted by atomic mass is 9.56. The van der Waals surface area contributed by atoms with E-state index in [9.17, 15) is 23.4 Å². The second kappa shape index (κ2) is 7.59. The molecule has 2 aliphatic heterocycles. The number of rotatable bonds is 2. The minimum atomic E-state index is -4.56. The Labute approximate surface area is 218 Å². The number of aliphatic hydroxyl groups is 2. The van der Waals surface area contributed by atoms with Crippen LogP contribution in [0.4, 0.5) is 13.2 Å². The number of allylic oxidation sites excluding steroid dienone is 3. The molecule has 0 amide bonds. The summed E-state index contributed by atoms with van der Waals surface area (Å²) in [7, 11) is 3.67. The molecule has 1 saturated heterocycles. The second-order valence-electron chi connectivity index (χ2n) is 12.2. The minimum absolute atomic E-state index is 0.145. The summed E-state index contributed by atoms with van der Waals surface area (Å²) in [6.07, 6.45) is -0.164. The Bertz CT molecular complexity index is 1440. The van der Waals surface area contributed by atoms with Crippen molar-refractivity contribution in [3.63, 3.8) is 0 Å². The van der Waals surface area contributed by atoms with Crippen LogP contribution in [0.5, 0.6) is 0 Å². The van der Waals surface area contributed by atoms with Gasteiger partial charge in [0.05, 0.1) is 17.3 Å². The summed E-state index contributed by atoms with van der Waals surface area (Å²) in [6.45, 7) is 1.94. The number of likely N-dealkylation sites (N-methyl/N-ethyl adjacent to an activating group) is 1. The highest BCUT2D eigenvalue weighted by Crippen LogP contribution is 2.70. The quantitative estimate of drug-likeness (QED) is 0.584. The smallest absolute Gasteiger partial charge is 0.413 e. The molecule has 7 atom stereocenters. The molecule has 38 heavy (non-hydrogen) atoms. The maximum Gasteiger partial charge on any atom is 0.413 e. The Morgan fingerprint density at radius 3 is 2.68 bits per heavy atom. The molecule has 1 aromatic heterocycles. The first-order chi connectivity index (χ1) is 17.9. The molecular weight excluding hydrogens is 497 g/mol. The van der Waals surface area contributed by atoms with Crippen molar-refractivity contribution in [1.29, 1.82) is 0 Å². The van der Waals surface area contributed by atoms with Crippen LogP contribution < -0.4 is 0 Å². The van der Waals surface area contributed by atoms with E-state index in [0.29, 0.717) is 42.4 Å². The number of hydrogen-bond donors (Lipinski definition) is 2. The highest BCUT2D eigenvalue weighted by molar-refractivity contribution is 5.82. The Morgan fingerprint density at radius 1 is 1.16 bits per heavy atom. The summed E-state index contributed by atoms with van der Waals surface area (Å²) in [5.41, 5.74) is 0.156. The molecule has 2 aromatic rings. The van der Waals surface area contributed by atoms with Gasteiger partial charge < -0.3 is 24.3 Å². The standard InChI is InChI=1S/C29H31F3N2O4/c1-26-12-19(29(30,31)32)17-11-18-24(35)25(36)21(34(2)3)13-27(18)8-9-28(17,38-27)23(26)7-5-16(26)15-4-6-22-20(10-15)33-14-37-22/h4-6,10-11,14,21,23-25,35-36H,7-9,12-13H2,1-3H3. The first-order valence-electron chi connectivity index (χ1n) is 13.2. The number of aliphatic hydroxyl groups excluding tert-OH is 2. The molecule has 7 unspecified atom stereocenters. The van der Waals surface area contributed by atoms with Crippen molar-refractivity contribution < 1.29 is 32.5 Å². The molecule has 3 aliphatic carbocycles. The van der Waals surface area contributed by atoms with Crippen LogP contribution in [-0.4, -0.2) is 69.8 Å². The first kappa shape index (κ1) is 24.6. The zero-order valence-electron chi connectivity index (χ0n) is 21.5. The number of oxazole rings is 1. The first-order valence-corrected chi connectivity index (χ1v) is 13.2. The van der Waals surface area contributed by atoms with Gasteiger partial charge in [0, 0.05) is 22.9 Å². The second-order valence-corrected chi connectivity index (χ2v) is 12.2. The van der Waals surface area contributed by atoms with Gasteiger partial charge in [0.25, 0.3) is 0 Å². The molecule has 202 valence electrons. The van der Waals surface area contributed by atoms with Gasteiger partial charge in [-0.3, -0.25) is 0 Å². The Kier molecular flexibility index (Phi) is 4.91. The number of fused-ring (bicyclic) bond motifs is 2. The predicted molar refractivity (Wildman–Crippen MR) is 134 cm³/mol. The Morgan fingerprint density at radius 2 is 1.95 bits per heavy atom. The van der Waals surface area contributed by atoms with E-state index in [1.807, 2.05) is 44.1 Å². The molecule has 1 aromatic carbocycles. The van der Waals surface area contributed by atoms with Crippen molar-refractivity contribution in [1.82, 2.24) is 9.88 Å². The van der Waals surface area contributed by atoms with Gasteiger partial charge in [0.2, 0.25) is 0 Å². The van der Waals surface area contributed by atoms with Crippen LogP contribution >= 0.6 is 0 Å². The number of hydrogen-bond acceptors (Lipinski definition) is 6. The highest BCUT2D eigenvalue weighted by Gasteiger charge is 2.69. The molecule has 7 rings (SSSR count). The van der Waals surface area contributed by atoms with Gasteiger partial charge in [-0.1, -0.05) is 25.1 Å². The van der Waals surface area contributed by atoms with E-state index in [1.165, 1.54) is 6.39 Å². The van der Waals surface area contributed by atoms with Crippen molar-refractivity contribution in [2.45, 2.75) is 74.7 Å². The summed E-state index contributed by atoms with van der Waals surface area (Å²) in [4.78, 5) is 6.11. The topological polar surface area (TPSA) is 79.0 Å². The lowest BCUT2D eigenvalue weighted by Gasteiger charge is -2.57. The largest absolute Gasteiger partial charge is 0.443 e. The lowest BCUT2D eigenvalue weighted by molar-refractivity contribution is -0.170. The zero-order valence-corrected chi connectivity index (χ0v) is 21.5. The third kappa shape index (κ3) is 3.01. The van der Waals surface area contributed by atoms with Crippen LogP contribution in [0.1, 0.15) is 44.6 Å². The lowest BCUT2D eigenvalue weighted by Crippen LogP contribution is -2.62. The fourth-order valence-corrected chi connectivity index (χ4v) is 8.40. The number of halogens is 3. The molecule has 3 heterocycles. The van der Waals surface area contributed by atoms with Crippen molar-refractivity contribution in [2.75, 3.05) is 14.1 Å². The molecular formula is C29H31F3N2O4. The maximum absolute atomic E-state index is 14.8. The minimum Gasteiger partial charge on any atom is -0.443 e. The SMILES string of the molecule is CN(C)C1CC23CCC4(O2)C(=C(C(F)(F)F)CC2(C)C(c5ccc6ocnc6c5)=CCC24)C=C3C(O)C1O. The fourth-order valence-electron chi connectivity index (χ4n) is 8.40. The van der Waals surface area contributed by atoms with E-state index >= 15 is 0 Å². The van der Waals surface area contributed by atoms with E-state index in [-0.39, 0.29) is 24.0 Å². The molecule has 2 spiro atoms. The number of aromatic nitrogens is 1. The van der Waals surface area contributed by atoms with Crippen LogP contribution in [0.2, 0.25) is 0 Å². The van der Waals surface area contributed by atoms with Gasteiger partial charge in [-0.15, -0.1) is 0 Å². The van der Waals surface area contributed by atoms with Crippen LogP contribution in [-0.2, 0) is 4.74 Å². The molecule has 1 saturated carbocycles. The van der Waals surface area contributed by atoms with Gasteiger partial charge in [0.1, 0.15) is 11.6 Å².